The molecule has 0 radical (unpaired) electrons. The lowest BCUT2D eigenvalue weighted by Gasteiger charge is -2.15. The van der Waals surface area contributed by atoms with E-state index in [0.29, 0.717) is 31.6 Å². The summed E-state index contributed by atoms with van der Waals surface area (Å²) >= 11 is 0. The Balaban J connectivity index is 1.78. The number of nitrogens with one attached hydrogen (secondary N) is 1. The first kappa shape index (κ1) is 24.4. The fourth-order valence-corrected chi connectivity index (χ4v) is 3.87. The zero-order valence-electron chi connectivity index (χ0n) is 18.6. The van der Waals surface area contributed by atoms with E-state index in [1.54, 1.807) is 13.4 Å². The molecule has 30 heavy (non-hydrogen) atoms. The molecule has 0 spiro atoms. The topological polar surface area (TPSA) is 56.8 Å². The van der Waals surface area contributed by atoms with Gasteiger partial charge in [-0.05, 0) is 75.0 Å². The summed E-state index contributed by atoms with van der Waals surface area (Å²) in [7, 11) is 0.592. The Bertz CT molecular complexity index is 779. The van der Waals surface area contributed by atoms with Gasteiger partial charge in [-0.15, -0.1) is 0 Å². The van der Waals surface area contributed by atoms with Gasteiger partial charge in [-0.2, -0.15) is 0 Å². The van der Waals surface area contributed by atoms with Crippen LogP contribution < -0.4 is 14.8 Å². The summed E-state index contributed by atoms with van der Waals surface area (Å²) in [5, 5.41) is 3.59. The van der Waals surface area contributed by atoms with E-state index in [4.69, 9.17) is 14.2 Å². The van der Waals surface area contributed by atoms with Crippen LogP contribution in [0.25, 0.3) is 0 Å². The van der Waals surface area contributed by atoms with Gasteiger partial charge in [-0.25, -0.2) is 0 Å². The van der Waals surface area contributed by atoms with Crippen LogP contribution in [-0.2, 0) is 28.4 Å². The summed E-state index contributed by atoms with van der Waals surface area (Å²) in [6.45, 7) is 6.71. The second kappa shape index (κ2) is 13.4. The Hall–Kier alpha value is -1.89. The maximum absolute atomic E-state index is 12.1. The first-order chi connectivity index (χ1) is 14.5. The van der Waals surface area contributed by atoms with Crippen molar-refractivity contribution in [1.29, 1.82) is 0 Å². The van der Waals surface area contributed by atoms with Gasteiger partial charge in [0.2, 0.25) is 0 Å². The van der Waals surface area contributed by atoms with Crippen LogP contribution in [0.1, 0.15) is 31.4 Å². The van der Waals surface area contributed by atoms with Crippen LogP contribution in [0.2, 0.25) is 0 Å². The van der Waals surface area contributed by atoms with Crippen LogP contribution in [0.3, 0.4) is 0 Å². The average molecular weight is 434 g/mol. The van der Waals surface area contributed by atoms with Gasteiger partial charge in [0, 0.05) is 18.9 Å². The lowest BCUT2D eigenvalue weighted by Crippen LogP contribution is -2.28. The van der Waals surface area contributed by atoms with Gasteiger partial charge in [-0.1, -0.05) is 18.2 Å². The molecular formula is C24H35NO4S. The summed E-state index contributed by atoms with van der Waals surface area (Å²) in [6.07, 6.45) is 4.68. The fourth-order valence-electron chi connectivity index (χ4n) is 3.15. The molecule has 0 heterocycles. The van der Waals surface area contributed by atoms with Crippen LogP contribution in [0.4, 0.5) is 0 Å². The van der Waals surface area contributed by atoms with E-state index in [1.807, 2.05) is 31.2 Å². The van der Waals surface area contributed by atoms with E-state index in [1.165, 1.54) is 5.56 Å². The summed E-state index contributed by atoms with van der Waals surface area (Å²) in [6, 6.07) is 14.6. The molecule has 0 bridgehead atoms. The first-order valence-electron chi connectivity index (χ1n) is 10.6. The van der Waals surface area contributed by atoms with Gasteiger partial charge in [0.15, 0.2) is 0 Å². The minimum atomic E-state index is -1.09. The van der Waals surface area contributed by atoms with Crippen molar-refractivity contribution in [1.82, 2.24) is 5.32 Å². The summed E-state index contributed by atoms with van der Waals surface area (Å²) in [5.41, 5.74) is 2.48. The highest BCUT2D eigenvalue weighted by Gasteiger charge is 2.10. The SMILES string of the molecule is CCOCCOc1ccc(CCNC(C)CCc2ccc(OC)cc2)cc1S(C)=O. The number of benzene rings is 2. The second-order valence-corrected chi connectivity index (χ2v) is 8.62. The van der Waals surface area contributed by atoms with Gasteiger partial charge in [0.1, 0.15) is 18.1 Å². The van der Waals surface area contributed by atoms with Crippen molar-refractivity contribution in [3.63, 3.8) is 0 Å². The van der Waals surface area contributed by atoms with Gasteiger partial charge >= 0.3 is 0 Å². The molecule has 0 aliphatic rings. The van der Waals surface area contributed by atoms with E-state index in [9.17, 15) is 4.21 Å². The van der Waals surface area contributed by atoms with Gasteiger partial charge < -0.3 is 19.5 Å². The Morgan fingerprint density at radius 1 is 1.03 bits per heavy atom. The van der Waals surface area contributed by atoms with Crippen LogP contribution in [0.5, 0.6) is 11.5 Å². The van der Waals surface area contributed by atoms with Crippen molar-refractivity contribution < 1.29 is 18.4 Å². The quantitative estimate of drug-likeness (QED) is 0.457. The van der Waals surface area contributed by atoms with E-state index < -0.39 is 10.8 Å². The fraction of sp³-hybridized carbons (Fsp3) is 0.500. The predicted molar refractivity (Wildman–Crippen MR) is 123 cm³/mol. The Kier molecular flexibility index (Phi) is 10.9. The van der Waals surface area contributed by atoms with Crippen LogP contribution in [0, 0.1) is 0 Å². The van der Waals surface area contributed by atoms with Crippen LogP contribution >= 0.6 is 0 Å². The van der Waals surface area contributed by atoms with Crippen molar-refractivity contribution in [3.05, 3.63) is 53.6 Å². The standard InChI is InChI=1S/C24H35NO4S/c1-5-28-16-17-29-23-13-10-21(18-24(23)30(4)26)14-15-25-19(2)6-7-20-8-11-22(27-3)12-9-20/h8-13,18-19,25H,5-7,14-17H2,1-4H3. The molecule has 2 aromatic carbocycles. The third-order valence-corrected chi connectivity index (χ3v) is 5.88. The predicted octanol–water partition coefficient (Wildman–Crippen LogP) is 4.00. The highest BCUT2D eigenvalue weighted by atomic mass is 32.2. The van der Waals surface area contributed by atoms with Gasteiger partial charge in [0.25, 0.3) is 0 Å². The first-order valence-corrected chi connectivity index (χ1v) is 12.1. The molecule has 2 aromatic rings. The van der Waals surface area contributed by atoms with Crippen LogP contribution in [-0.4, -0.2) is 50.0 Å². The number of rotatable bonds is 14. The van der Waals surface area contributed by atoms with E-state index >= 15 is 0 Å². The number of methoxy groups -OCH3 is 1. The maximum atomic E-state index is 12.1. The normalized spacial score (nSPS) is 13.1. The number of hydrogen-bond acceptors (Lipinski definition) is 5. The zero-order chi connectivity index (χ0) is 21.8. The van der Waals surface area contributed by atoms with Crippen LogP contribution in [0.15, 0.2) is 47.4 Å². The molecular weight excluding hydrogens is 398 g/mol. The van der Waals surface area contributed by atoms with E-state index in [-0.39, 0.29) is 0 Å². The Morgan fingerprint density at radius 3 is 2.43 bits per heavy atom. The Labute approximate surface area is 183 Å². The zero-order valence-corrected chi connectivity index (χ0v) is 19.4. The molecule has 166 valence electrons. The lowest BCUT2D eigenvalue weighted by atomic mass is 10.1. The molecule has 0 amide bonds. The second-order valence-electron chi connectivity index (χ2n) is 7.27. The van der Waals surface area contributed by atoms with Crippen molar-refractivity contribution in [3.8, 4) is 11.5 Å². The minimum absolute atomic E-state index is 0.424. The monoisotopic (exact) mass is 433 g/mol. The lowest BCUT2D eigenvalue weighted by molar-refractivity contribution is 0.109. The molecule has 0 saturated heterocycles. The molecule has 5 nitrogen and oxygen atoms in total. The average Bonchev–Trinajstić information content (AvgIpc) is 2.76. The van der Waals surface area contributed by atoms with Gasteiger partial charge in [0.05, 0.1) is 29.4 Å². The highest BCUT2D eigenvalue weighted by molar-refractivity contribution is 7.84. The largest absolute Gasteiger partial charge is 0.497 e. The Morgan fingerprint density at radius 2 is 1.77 bits per heavy atom. The molecule has 0 aromatic heterocycles. The van der Waals surface area contributed by atoms with Crippen molar-refractivity contribution in [2.45, 2.75) is 44.0 Å². The third kappa shape index (κ3) is 8.46. The van der Waals surface area contributed by atoms with Crippen molar-refractivity contribution in [2.24, 2.45) is 0 Å². The molecule has 0 aliphatic carbocycles. The minimum Gasteiger partial charge on any atom is -0.497 e. The molecule has 2 rings (SSSR count). The highest BCUT2D eigenvalue weighted by Crippen LogP contribution is 2.23. The maximum Gasteiger partial charge on any atom is 0.135 e. The number of ether oxygens (including phenoxy) is 3. The van der Waals surface area contributed by atoms with E-state index in [0.717, 1.165) is 42.0 Å². The van der Waals surface area contributed by atoms with Gasteiger partial charge in [-0.3, -0.25) is 4.21 Å². The number of aryl methyl sites for hydroxylation is 1. The molecule has 6 heteroatoms. The summed E-state index contributed by atoms with van der Waals surface area (Å²) < 4.78 is 28.4. The molecule has 0 saturated carbocycles. The molecule has 1 N–H and O–H groups in total. The van der Waals surface area contributed by atoms with E-state index in [2.05, 4.69) is 30.4 Å². The number of hydrogen-bond donors (Lipinski definition) is 1. The smallest absolute Gasteiger partial charge is 0.135 e. The summed E-state index contributed by atoms with van der Waals surface area (Å²) in [5.74, 6) is 1.57. The summed E-state index contributed by atoms with van der Waals surface area (Å²) in [4.78, 5) is 0.747. The molecule has 2 unspecified atom stereocenters. The molecule has 0 fully saturated rings. The van der Waals surface area contributed by atoms with Crippen molar-refractivity contribution in [2.75, 3.05) is 39.7 Å². The molecule has 2 atom stereocenters. The molecule has 0 aliphatic heterocycles. The van der Waals surface area contributed by atoms with Crippen molar-refractivity contribution >= 4 is 10.8 Å². The third-order valence-electron chi connectivity index (χ3n) is 4.94.